The van der Waals surface area contributed by atoms with Crippen molar-refractivity contribution in [1.82, 2.24) is 21.3 Å². The third kappa shape index (κ3) is 13.1. The summed E-state index contributed by atoms with van der Waals surface area (Å²) >= 11 is 0. The van der Waals surface area contributed by atoms with Crippen LogP contribution in [0.2, 0.25) is 0 Å². The molecule has 1 aliphatic heterocycles. The molecule has 1 heterocycles. The first kappa shape index (κ1) is 35.7. The van der Waals surface area contributed by atoms with E-state index in [1.54, 1.807) is 27.7 Å². The van der Waals surface area contributed by atoms with E-state index in [0.717, 1.165) is 5.56 Å². The summed E-state index contributed by atoms with van der Waals surface area (Å²) in [4.78, 5) is 64.8. The summed E-state index contributed by atoms with van der Waals surface area (Å²) in [5.74, 6) is -1.59. The molecule has 0 saturated carbocycles. The minimum absolute atomic E-state index is 0.0405. The molecule has 2 rings (SSSR count). The van der Waals surface area contributed by atoms with Crippen molar-refractivity contribution < 1.29 is 33.4 Å². The number of nitrogens with one attached hydrogen (secondary N) is 4. The zero-order chi connectivity index (χ0) is 32.4. The summed E-state index contributed by atoms with van der Waals surface area (Å²) in [6.45, 7) is 14.6. The van der Waals surface area contributed by atoms with E-state index in [-0.39, 0.29) is 30.6 Å². The van der Waals surface area contributed by atoms with Gasteiger partial charge in [-0.2, -0.15) is 0 Å². The monoisotopic (exact) mass is 602 g/mol. The van der Waals surface area contributed by atoms with Crippen molar-refractivity contribution in [2.75, 3.05) is 13.2 Å². The number of ketones is 1. The molecule has 43 heavy (non-hydrogen) atoms. The highest BCUT2D eigenvalue weighted by atomic mass is 16.6. The lowest BCUT2D eigenvalue weighted by Crippen LogP contribution is -2.56. The number of alkyl carbamates (subject to hydrolysis) is 1. The first-order valence-corrected chi connectivity index (χ1v) is 15.1. The first-order valence-electron chi connectivity index (χ1n) is 15.1. The van der Waals surface area contributed by atoms with Crippen molar-refractivity contribution in [3.8, 4) is 0 Å². The molecule has 4 N–H and O–H groups in total. The third-order valence-electron chi connectivity index (χ3n) is 6.79. The normalized spacial score (nSPS) is 18.3. The van der Waals surface area contributed by atoms with Crippen LogP contribution >= 0.6 is 0 Å². The average Bonchev–Trinajstić information content (AvgIpc) is 3.65. The second-order valence-corrected chi connectivity index (χ2v) is 13.3. The Labute approximate surface area is 255 Å². The van der Waals surface area contributed by atoms with Gasteiger partial charge in [0.1, 0.15) is 23.3 Å². The number of carbonyl (C=O) groups excluding carboxylic acids is 5. The van der Waals surface area contributed by atoms with Crippen molar-refractivity contribution in [2.24, 2.45) is 11.8 Å². The molecule has 0 aromatic heterocycles. The number of epoxide rings is 1. The predicted molar refractivity (Wildman–Crippen MR) is 163 cm³/mol. The van der Waals surface area contributed by atoms with Gasteiger partial charge in [-0.05, 0) is 70.8 Å². The number of hydrogen-bond acceptors (Lipinski definition) is 7. The Morgan fingerprint density at radius 3 is 1.98 bits per heavy atom. The lowest BCUT2D eigenvalue weighted by Gasteiger charge is -2.26. The number of Topliss-reactive ketones (excluding diaryl/α,β-unsaturated/α-hetero) is 1. The molecular weight excluding hydrogens is 552 g/mol. The summed E-state index contributed by atoms with van der Waals surface area (Å²) < 4.78 is 10.6. The lowest BCUT2D eigenvalue weighted by molar-refractivity contribution is -0.133. The molecule has 240 valence electrons. The van der Waals surface area contributed by atoms with Crippen molar-refractivity contribution in [3.05, 3.63) is 35.9 Å². The quantitative estimate of drug-likeness (QED) is 0.212. The predicted octanol–water partition coefficient (Wildman–Crippen LogP) is 3.05. The van der Waals surface area contributed by atoms with Gasteiger partial charge in [-0.1, -0.05) is 58.0 Å². The van der Waals surface area contributed by atoms with Gasteiger partial charge < -0.3 is 30.7 Å². The van der Waals surface area contributed by atoms with Gasteiger partial charge >= 0.3 is 6.09 Å². The number of ether oxygens (including phenoxy) is 2. The molecule has 11 nitrogen and oxygen atoms in total. The average molecular weight is 603 g/mol. The molecule has 1 aliphatic rings. The van der Waals surface area contributed by atoms with E-state index in [1.807, 2.05) is 58.0 Å². The van der Waals surface area contributed by atoms with Crippen LogP contribution in [0.15, 0.2) is 30.3 Å². The van der Waals surface area contributed by atoms with E-state index in [0.29, 0.717) is 25.9 Å². The molecule has 0 aliphatic carbocycles. The smallest absolute Gasteiger partial charge is 0.408 e. The number of rotatable bonds is 16. The SMILES string of the molecule is CC(C)CC(NC(=O)[C@H](CCc1ccccc1)NC(=O)OC(C)(C)C)C(=O)NCC(=O)N[C@H](CC(C)C)C(=O)C1(C)CO1. The van der Waals surface area contributed by atoms with Gasteiger partial charge in [0.25, 0.3) is 0 Å². The summed E-state index contributed by atoms with van der Waals surface area (Å²) in [7, 11) is 0. The van der Waals surface area contributed by atoms with Crippen LogP contribution < -0.4 is 21.3 Å². The number of amides is 4. The fourth-order valence-electron chi connectivity index (χ4n) is 4.51. The summed E-state index contributed by atoms with van der Waals surface area (Å²) in [5.41, 5.74) is -0.647. The molecule has 1 fully saturated rings. The van der Waals surface area contributed by atoms with E-state index in [4.69, 9.17) is 9.47 Å². The van der Waals surface area contributed by atoms with Crippen LogP contribution in [0.4, 0.5) is 4.79 Å². The Hall–Kier alpha value is -3.47. The number of benzene rings is 1. The van der Waals surface area contributed by atoms with Crippen molar-refractivity contribution in [3.63, 3.8) is 0 Å². The lowest BCUT2D eigenvalue weighted by atomic mass is 9.93. The Kier molecular flexibility index (Phi) is 13.2. The Balaban J connectivity index is 2.07. The van der Waals surface area contributed by atoms with Crippen LogP contribution in [0.5, 0.6) is 0 Å². The Morgan fingerprint density at radius 2 is 1.44 bits per heavy atom. The fraction of sp³-hybridized carbons (Fsp3) is 0.656. The van der Waals surface area contributed by atoms with Crippen LogP contribution in [-0.2, 0) is 35.1 Å². The van der Waals surface area contributed by atoms with Crippen molar-refractivity contribution >= 4 is 29.6 Å². The summed E-state index contributed by atoms with van der Waals surface area (Å²) in [5, 5.41) is 10.7. The number of carbonyl (C=O) groups is 5. The van der Waals surface area contributed by atoms with E-state index in [1.165, 1.54) is 0 Å². The van der Waals surface area contributed by atoms with Crippen molar-refractivity contribution in [1.29, 1.82) is 0 Å². The largest absolute Gasteiger partial charge is 0.444 e. The van der Waals surface area contributed by atoms with Crippen LogP contribution in [0, 0.1) is 11.8 Å². The third-order valence-corrected chi connectivity index (χ3v) is 6.79. The van der Waals surface area contributed by atoms with Gasteiger partial charge in [0, 0.05) is 0 Å². The molecule has 0 bridgehead atoms. The standard InChI is InChI=1S/C32H50N4O7/c1-20(2)16-24(27(38)32(8)19-42-32)34-26(37)18-33-28(39)25(17-21(3)4)35-29(40)23(36-30(41)43-31(5,6)7)15-14-22-12-10-9-11-13-22/h9-13,20-21,23-25H,14-19H2,1-8H3,(H,33,39)(H,34,37)(H,35,40)(H,36,41)/t23-,24+,25?,32?/m0/s1. The molecule has 2 unspecified atom stereocenters. The van der Waals surface area contributed by atoms with Gasteiger partial charge in [-0.3, -0.25) is 19.2 Å². The minimum Gasteiger partial charge on any atom is -0.444 e. The molecule has 4 amide bonds. The van der Waals surface area contributed by atoms with E-state index >= 15 is 0 Å². The van der Waals surface area contributed by atoms with E-state index < -0.39 is 53.1 Å². The highest BCUT2D eigenvalue weighted by molar-refractivity contribution is 5.97. The highest BCUT2D eigenvalue weighted by Gasteiger charge is 2.50. The second kappa shape index (κ2) is 15.8. The fourth-order valence-corrected chi connectivity index (χ4v) is 4.51. The van der Waals surface area contributed by atoms with Gasteiger partial charge in [-0.15, -0.1) is 0 Å². The molecule has 1 saturated heterocycles. The molecule has 0 radical (unpaired) electrons. The van der Waals surface area contributed by atoms with Gasteiger partial charge in [0.05, 0.1) is 19.2 Å². The van der Waals surface area contributed by atoms with Crippen LogP contribution in [0.25, 0.3) is 0 Å². The maximum atomic E-state index is 13.4. The zero-order valence-corrected chi connectivity index (χ0v) is 26.9. The summed E-state index contributed by atoms with van der Waals surface area (Å²) in [6.07, 6.45) is 0.801. The molecule has 1 aromatic rings. The molecule has 11 heteroatoms. The van der Waals surface area contributed by atoms with Crippen LogP contribution in [0.1, 0.15) is 80.2 Å². The Bertz CT molecular complexity index is 1110. The first-order chi connectivity index (χ1) is 20.0. The Morgan fingerprint density at radius 1 is 0.860 bits per heavy atom. The van der Waals surface area contributed by atoms with E-state index in [2.05, 4.69) is 21.3 Å². The maximum Gasteiger partial charge on any atom is 0.408 e. The van der Waals surface area contributed by atoms with Crippen LogP contribution in [0.3, 0.4) is 0 Å². The molecular formula is C32H50N4O7. The van der Waals surface area contributed by atoms with Gasteiger partial charge in [0.15, 0.2) is 5.78 Å². The number of hydrogen-bond donors (Lipinski definition) is 4. The van der Waals surface area contributed by atoms with Gasteiger partial charge in [-0.25, -0.2) is 4.79 Å². The number of aryl methyl sites for hydroxylation is 1. The molecule has 4 atom stereocenters. The topological polar surface area (TPSA) is 155 Å². The second-order valence-electron chi connectivity index (χ2n) is 13.3. The van der Waals surface area contributed by atoms with Crippen molar-refractivity contribution in [2.45, 2.75) is 110 Å². The zero-order valence-electron chi connectivity index (χ0n) is 26.9. The molecule has 1 aromatic carbocycles. The molecule has 0 spiro atoms. The minimum atomic E-state index is -0.963. The van der Waals surface area contributed by atoms with E-state index in [9.17, 15) is 24.0 Å². The maximum absolute atomic E-state index is 13.4. The highest BCUT2D eigenvalue weighted by Crippen LogP contribution is 2.29. The van der Waals surface area contributed by atoms with Gasteiger partial charge in [0.2, 0.25) is 17.7 Å². The van der Waals surface area contributed by atoms with Crippen LogP contribution in [-0.4, -0.2) is 72.1 Å². The summed E-state index contributed by atoms with van der Waals surface area (Å²) in [6, 6.07) is 6.90.